The first-order chi connectivity index (χ1) is 15.7. The normalized spacial score (nSPS) is 14.7. The van der Waals surface area contributed by atoms with Crippen molar-refractivity contribution in [2.45, 2.75) is 40.2 Å². The molecule has 0 fully saturated rings. The van der Waals surface area contributed by atoms with Crippen LogP contribution in [0.2, 0.25) is 0 Å². The van der Waals surface area contributed by atoms with Gasteiger partial charge in [0.15, 0.2) is 11.5 Å². The van der Waals surface area contributed by atoms with Crippen LogP contribution < -0.4 is 25.4 Å². The first-order valence-corrected chi connectivity index (χ1v) is 11.0. The van der Waals surface area contributed by atoms with E-state index in [1.54, 1.807) is 32.9 Å². The Morgan fingerprint density at radius 1 is 0.941 bits per heavy atom. The molecule has 2 aromatic carbocycles. The SMILES string of the molecule is COc1cc2c(c(OC)c1OC)-c1cc(=Nc3c(C)cc(C)cc3C)n(C)c(=O)n1C(C)C2.Cl. The summed E-state index contributed by atoms with van der Waals surface area (Å²) in [4.78, 5) is 18.4. The van der Waals surface area contributed by atoms with Gasteiger partial charge in [0.2, 0.25) is 5.75 Å². The van der Waals surface area contributed by atoms with Crippen molar-refractivity contribution in [1.82, 2.24) is 9.13 Å². The lowest BCUT2D eigenvalue weighted by atomic mass is 9.92. The highest BCUT2D eigenvalue weighted by Gasteiger charge is 2.30. The average Bonchev–Trinajstić information content (AvgIpc) is 2.77. The van der Waals surface area contributed by atoms with Crippen molar-refractivity contribution in [2.75, 3.05) is 21.3 Å². The lowest BCUT2D eigenvalue weighted by molar-refractivity contribution is 0.323. The van der Waals surface area contributed by atoms with Crippen molar-refractivity contribution < 1.29 is 14.2 Å². The Bertz CT molecular complexity index is 1370. The van der Waals surface area contributed by atoms with E-state index < -0.39 is 0 Å². The fourth-order valence-corrected chi connectivity index (χ4v) is 4.90. The van der Waals surface area contributed by atoms with E-state index >= 15 is 0 Å². The van der Waals surface area contributed by atoms with Gasteiger partial charge in [0.1, 0.15) is 5.49 Å². The van der Waals surface area contributed by atoms with E-state index in [1.165, 1.54) is 5.56 Å². The lowest BCUT2D eigenvalue weighted by Gasteiger charge is -2.30. The maximum Gasteiger partial charge on any atom is 0.330 e. The van der Waals surface area contributed by atoms with Crippen LogP contribution in [-0.2, 0) is 13.5 Å². The molecule has 182 valence electrons. The number of nitrogens with zero attached hydrogens (tertiary/aromatic N) is 3. The number of hydrogen-bond donors (Lipinski definition) is 0. The molecule has 0 saturated heterocycles. The zero-order valence-corrected chi connectivity index (χ0v) is 21.8. The number of aryl methyl sites for hydroxylation is 3. The molecule has 8 heteroatoms. The van der Waals surface area contributed by atoms with Gasteiger partial charge >= 0.3 is 5.69 Å². The monoisotopic (exact) mass is 485 g/mol. The second-order valence-electron chi connectivity index (χ2n) is 8.69. The predicted molar refractivity (Wildman–Crippen MR) is 136 cm³/mol. The number of fused-ring (bicyclic) bond motifs is 3. The molecule has 0 aliphatic carbocycles. The van der Waals surface area contributed by atoms with Crippen LogP contribution in [0, 0.1) is 20.8 Å². The molecule has 3 aromatic rings. The highest BCUT2D eigenvalue weighted by Crippen LogP contribution is 2.49. The molecule has 1 atom stereocenters. The van der Waals surface area contributed by atoms with Crippen LogP contribution in [0.4, 0.5) is 5.69 Å². The van der Waals surface area contributed by atoms with Crippen LogP contribution in [0.25, 0.3) is 11.3 Å². The van der Waals surface area contributed by atoms with Gasteiger partial charge in [-0.15, -0.1) is 12.4 Å². The number of aromatic nitrogens is 2. The van der Waals surface area contributed by atoms with Crippen LogP contribution in [0.1, 0.15) is 35.2 Å². The van der Waals surface area contributed by atoms with Crippen LogP contribution >= 0.6 is 12.4 Å². The molecule has 7 nitrogen and oxygen atoms in total. The summed E-state index contributed by atoms with van der Waals surface area (Å²) in [5.74, 6) is 1.66. The van der Waals surface area contributed by atoms with Crippen LogP contribution in [-0.4, -0.2) is 30.5 Å². The molecule has 0 radical (unpaired) electrons. The van der Waals surface area contributed by atoms with E-state index in [0.29, 0.717) is 29.2 Å². The second kappa shape index (κ2) is 9.58. The summed E-state index contributed by atoms with van der Waals surface area (Å²) in [6.07, 6.45) is 0.672. The number of methoxy groups -OCH3 is 3. The molecule has 1 aliphatic heterocycles. The molecule has 0 saturated carbocycles. The number of ether oxygens (including phenoxy) is 3. The lowest BCUT2D eigenvalue weighted by Crippen LogP contribution is -2.41. The third-order valence-corrected chi connectivity index (χ3v) is 6.35. The first kappa shape index (κ1) is 25.4. The molecule has 4 rings (SSSR count). The van der Waals surface area contributed by atoms with Crippen molar-refractivity contribution in [1.29, 1.82) is 0 Å². The van der Waals surface area contributed by atoms with E-state index in [2.05, 4.69) is 19.1 Å². The van der Waals surface area contributed by atoms with Crippen molar-refractivity contribution in [3.63, 3.8) is 0 Å². The van der Waals surface area contributed by atoms with E-state index in [9.17, 15) is 4.79 Å². The minimum Gasteiger partial charge on any atom is -0.493 e. The summed E-state index contributed by atoms with van der Waals surface area (Å²) in [5, 5.41) is 0. The van der Waals surface area contributed by atoms with Gasteiger partial charge in [-0.25, -0.2) is 9.79 Å². The fraction of sp³-hybridized carbons (Fsp3) is 0.385. The molecule has 2 heterocycles. The molecule has 34 heavy (non-hydrogen) atoms. The Kier molecular flexibility index (Phi) is 7.17. The van der Waals surface area contributed by atoms with Gasteiger partial charge in [-0.3, -0.25) is 9.13 Å². The Morgan fingerprint density at radius 2 is 1.56 bits per heavy atom. The van der Waals surface area contributed by atoms with Crippen LogP contribution in [0.15, 0.2) is 34.1 Å². The smallest absolute Gasteiger partial charge is 0.330 e. The maximum atomic E-state index is 13.5. The Hall–Kier alpha value is -3.19. The molecule has 1 aromatic heterocycles. The van der Waals surface area contributed by atoms with E-state index in [0.717, 1.165) is 33.6 Å². The summed E-state index contributed by atoms with van der Waals surface area (Å²) in [6.45, 7) is 8.20. The van der Waals surface area contributed by atoms with Gasteiger partial charge in [-0.2, -0.15) is 0 Å². The summed E-state index contributed by atoms with van der Waals surface area (Å²) in [6, 6.07) is 8.11. The third kappa shape index (κ3) is 3.98. The minimum atomic E-state index is -0.122. The van der Waals surface area contributed by atoms with E-state index in [4.69, 9.17) is 19.2 Å². The third-order valence-electron chi connectivity index (χ3n) is 6.35. The first-order valence-electron chi connectivity index (χ1n) is 11.0. The van der Waals surface area contributed by atoms with Gasteiger partial charge in [0.05, 0.1) is 32.7 Å². The minimum absolute atomic E-state index is 0. The van der Waals surface area contributed by atoms with Crippen molar-refractivity contribution in [3.8, 4) is 28.5 Å². The average molecular weight is 486 g/mol. The number of hydrogen-bond acceptors (Lipinski definition) is 5. The zero-order valence-electron chi connectivity index (χ0n) is 21.0. The van der Waals surface area contributed by atoms with Crippen LogP contribution in [0.3, 0.4) is 0 Å². The van der Waals surface area contributed by atoms with Crippen molar-refractivity contribution in [2.24, 2.45) is 12.0 Å². The Labute approximate surface area is 206 Å². The number of benzene rings is 2. The van der Waals surface area contributed by atoms with Gasteiger partial charge in [-0.1, -0.05) is 17.7 Å². The number of halogens is 1. The highest BCUT2D eigenvalue weighted by molar-refractivity contribution is 5.85. The van der Waals surface area contributed by atoms with Crippen molar-refractivity contribution >= 4 is 18.1 Å². The van der Waals surface area contributed by atoms with Crippen LogP contribution in [0.5, 0.6) is 17.2 Å². The topological polar surface area (TPSA) is 67.0 Å². The zero-order chi connectivity index (χ0) is 24.0. The Morgan fingerprint density at radius 3 is 2.12 bits per heavy atom. The van der Waals surface area contributed by atoms with E-state index in [-0.39, 0.29) is 24.1 Å². The molecule has 0 spiro atoms. The quantitative estimate of drug-likeness (QED) is 0.542. The van der Waals surface area contributed by atoms with Gasteiger partial charge in [0, 0.05) is 24.7 Å². The highest BCUT2D eigenvalue weighted by atomic mass is 35.5. The van der Waals surface area contributed by atoms with Gasteiger partial charge in [-0.05, 0) is 56.9 Å². The molecule has 0 amide bonds. The summed E-state index contributed by atoms with van der Waals surface area (Å²) in [5.41, 5.74) is 7.30. The number of rotatable bonds is 4. The van der Waals surface area contributed by atoms with Gasteiger partial charge in [0.25, 0.3) is 0 Å². The Balaban J connectivity index is 0.00000324. The molecule has 1 aliphatic rings. The molecule has 0 bridgehead atoms. The molecule has 0 N–H and O–H groups in total. The second-order valence-corrected chi connectivity index (χ2v) is 8.69. The van der Waals surface area contributed by atoms with Gasteiger partial charge < -0.3 is 14.2 Å². The summed E-state index contributed by atoms with van der Waals surface area (Å²) >= 11 is 0. The van der Waals surface area contributed by atoms with Crippen molar-refractivity contribution in [3.05, 3.63) is 62.5 Å². The van der Waals surface area contributed by atoms with E-state index in [1.807, 2.05) is 37.5 Å². The largest absolute Gasteiger partial charge is 0.493 e. The fourth-order valence-electron chi connectivity index (χ4n) is 4.90. The summed E-state index contributed by atoms with van der Waals surface area (Å²) in [7, 11) is 6.56. The molecular formula is C26H32ClN3O4. The molecule has 1 unspecified atom stereocenters. The summed E-state index contributed by atoms with van der Waals surface area (Å²) < 4.78 is 20.4. The molecular weight excluding hydrogens is 454 g/mol. The maximum absolute atomic E-state index is 13.5. The standard InChI is InChI=1S/C26H31N3O4.ClH/c1-14-9-15(2)23(16(3)10-14)27-21-13-19-22-18(11-17(4)29(19)26(30)28(21)5)12-20(31-6)24(32-7)25(22)33-8;/h9-10,12-13,17H,11H2,1-8H3;1H. The predicted octanol–water partition coefficient (Wildman–Crippen LogP) is 4.58.